The van der Waals surface area contributed by atoms with Gasteiger partial charge >= 0.3 is 6.18 Å². The lowest BCUT2D eigenvalue weighted by Gasteiger charge is -2.10. The number of alkyl halides is 3. The second-order valence-electron chi connectivity index (χ2n) is 6.57. The van der Waals surface area contributed by atoms with Gasteiger partial charge in [-0.2, -0.15) is 18.3 Å². The summed E-state index contributed by atoms with van der Waals surface area (Å²) >= 11 is 6.20. The van der Waals surface area contributed by atoms with Crippen LogP contribution in [0, 0.1) is 0 Å². The van der Waals surface area contributed by atoms with E-state index in [1.54, 1.807) is 48.5 Å². The van der Waals surface area contributed by atoms with Gasteiger partial charge in [0, 0.05) is 5.56 Å². The van der Waals surface area contributed by atoms with Crippen LogP contribution in [0.25, 0.3) is 16.9 Å². The number of ether oxygens (including phenoxy) is 1. The minimum absolute atomic E-state index is 0.282. The molecule has 30 heavy (non-hydrogen) atoms. The number of halogens is 4. The largest absolute Gasteiger partial charge is 0.489 e. The van der Waals surface area contributed by atoms with Gasteiger partial charge in [-0.1, -0.05) is 54.1 Å². The molecule has 7 heteroatoms. The third-order valence-corrected chi connectivity index (χ3v) is 4.80. The lowest BCUT2D eigenvalue weighted by molar-refractivity contribution is -0.141. The Balaban J connectivity index is 1.66. The molecule has 4 rings (SSSR count). The first-order valence-corrected chi connectivity index (χ1v) is 9.49. The number of nitrogens with zero attached hydrogens (tertiary/aromatic N) is 2. The molecular formula is C23H16ClF3N2O. The van der Waals surface area contributed by atoms with E-state index in [-0.39, 0.29) is 5.69 Å². The fourth-order valence-electron chi connectivity index (χ4n) is 3.00. The second kappa shape index (κ2) is 8.24. The van der Waals surface area contributed by atoms with Crippen molar-refractivity contribution in [1.29, 1.82) is 0 Å². The maximum absolute atomic E-state index is 13.3. The van der Waals surface area contributed by atoms with E-state index in [1.165, 1.54) is 4.68 Å². The second-order valence-corrected chi connectivity index (χ2v) is 6.98. The molecule has 0 fully saturated rings. The Labute approximate surface area is 176 Å². The van der Waals surface area contributed by atoms with Gasteiger partial charge in [0.25, 0.3) is 0 Å². The van der Waals surface area contributed by atoms with E-state index < -0.39 is 11.9 Å². The molecule has 4 aromatic rings. The van der Waals surface area contributed by atoms with Gasteiger partial charge in [0.1, 0.15) is 12.4 Å². The minimum atomic E-state index is -4.57. The molecule has 0 aliphatic heterocycles. The number of hydrogen-bond donors (Lipinski definition) is 0. The van der Waals surface area contributed by atoms with Crippen molar-refractivity contribution < 1.29 is 17.9 Å². The van der Waals surface area contributed by atoms with Crippen molar-refractivity contribution in [3.63, 3.8) is 0 Å². The smallest absolute Gasteiger partial charge is 0.435 e. The van der Waals surface area contributed by atoms with Crippen LogP contribution in [0.2, 0.25) is 5.02 Å². The number of para-hydroxylation sites is 1. The third-order valence-electron chi connectivity index (χ3n) is 4.48. The maximum Gasteiger partial charge on any atom is 0.435 e. The van der Waals surface area contributed by atoms with E-state index in [2.05, 4.69) is 5.10 Å². The molecule has 1 heterocycles. The van der Waals surface area contributed by atoms with Crippen molar-refractivity contribution >= 4 is 11.6 Å². The zero-order chi connectivity index (χ0) is 21.1. The highest BCUT2D eigenvalue weighted by Crippen LogP contribution is 2.35. The predicted molar refractivity (Wildman–Crippen MR) is 110 cm³/mol. The van der Waals surface area contributed by atoms with E-state index >= 15 is 0 Å². The van der Waals surface area contributed by atoms with Crippen LogP contribution in [0.15, 0.2) is 84.9 Å². The molecule has 0 radical (unpaired) electrons. The van der Waals surface area contributed by atoms with Crippen LogP contribution < -0.4 is 4.74 Å². The first kappa shape index (κ1) is 20.0. The predicted octanol–water partition coefficient (Wildman–Crippen LogP) is 6.79. The summed E-state index contributed by atoms with van der Waals surface area (Å²) in [5.74, 6) is 0.613. The van der Waals surface area contributed by atoms with Gasteiger partial charge in [0.2, 0.25) is 0 Å². The Morgan fingerprint density at radius 1 is 0.867 bits per heavy atom. The van der Waals surface area contributed by atoms with Crippen molar-refractivity contribution in [2.75, 3.05) is 0 Å². The molecule has 0 bridgehead atoms. The SMILES string of the molecule is FC(F)(F)c1cc(-c2ccc(OCc3ccccc3)cc2)n(-c2ccccc2Cl)n1. The highest BCUT2D eigenvalue weighted by molar-refractivity contribution is 6.32. The van der Waals surface area contributed by atoms with E-state index in [4.69, 9.17) is 16.3 Å². The summed E-state index contributed by atoms with van der Waals surface area (Å²) in [5.41, 5.74) is 1.25. The van der Waals surface area contributed by atoms with Crippen molar-refractivity contribution in [2.24, 2.45) is 0 Å². The van der Waals surface area contributed by atoms with Gasteiger partial charge in [-0.3, -0.25) is 0 Å². The zero-order valence-corrected chi connectivity index (χ0v) is 16.4. The Morgan fingerprint density at radius 3 is 2.20 bits per heavy atom. The lowest BCUT2D eigenvalue weighted by Crippen LogP contribution is -2.07. The van der Waals surface area contributed by atoms with Crippen molar-refractivity contribution in [2.45, 2.75) is 12.8 Å². The summed E-state index contributed by atoms with van der Waals surface area (Å²) in [6, 6.07) is 24.2. The van der Waals surface area contributed by atoms with Crippen LogP contribution in [0.4, 0.5) is 13.2 Å². The van der Waals surface area contributed by atoms with E-state index in [9.17, 15) is 13.2 Å². The monoisotopic (exact) mass is 428 g/mol. The standard InChI is InChI=1S/C23H16ClF3N2O/c24-19-8-4-5-9-20(19)29-21(14-22(28-29)23(25,26)27)17-10-12-18(13-11-17)30-15-16-6-2-1-3-7-16/h1-14H,15H2. The quantitative estimate of drug-likeness (QED) is 0.350. The summed E-state index contributed by atoms with van der Waals surface area (Å²) in [5, 5.41) is 4.07. The third kappa shape index (κ3) is 4.33. The minimum Gasteiger partial charge on any atom is -0.489 e. The Kier molecular flexibility index (Phi) is 5.50. The fraction of sp³-hybridized carbons (Fsp3) is 0.0870. The molecule has 3 aromatic carbocycles. The van der Waals surface area contributed by atoms with Crippen LogP contribution in [-0.2, 0) is 12.8 Å². The van der Waals surface area contributed by atoms with Crippen molar-refractivity contribution in [3.8, 4) is 22.7 Å². The van der Waals surface area contributed by atoms with Crippen LogP contribution in [-0.4, -0.2) is 9.78 Å². The fourth-order valence-corrected chi connectivity index (χ4v) is 3.21. The van der Waals surface area contributed by atoms with Crippen LogP contribution >= 0.6 is 11.6 Å². The molecule has 3 nitrogen and oxygen atoms in total. The first-order valence-electron chi connectivity index (χ1n) is 9.11. The number of rotatable bonds is 5. The molecule has 0 aliphatic rings. The highest BCUT2D eigenvalue weighted by Gasteiger charge is 2.35. The van der Waals surface area contributed by atoms with E-state index in [0.29, 0.717) is 28.6 Å². The van der Waals surface area contributed by atoms with Crippen LogP contribution in [0.5, 0.6) is 5.75 Å². The van der Waals surface area contributed by atoms with E-state index in [1.807, 2.05) is 30.3 Å². The van der Waals surface area contributed by atoms with Gasteiger partial charge in [-0.15, -0.1) is 0 Å². The summed E-state index contributed by atoms with van der Waals surface area (Å²) < 4.78 is 46.9. The zero-order valence-electron chi connectivity index (χ0n) is 15.6. The van der Waals surface area contributed by atoms with E-state index in [0.717, 1.165) is 11.6 Å². The molecule has 0 spiro atoms. The molecule has 0 saturated carbocycles. The number of hydrogen-bond acceptors (Lipinski definition) is 2. The molecule has 0 amide bonds. The average molecular weight is 429 g/mol. The van der Waals surface area contributed by atoms with Crippen molar-refractivity contribution in [1.82, 2.24) is 9.78 Å². The number of aromatic nitrogens is 2. The molecule has 0 aliphatic carbocycles. The van der Waals surface area contributed by atoms with Crippen LogP contribution in [0.3, 0.4) is 0 Å². The van der Waals surface area contributed by atoms with Crippen molar-refractivity contribution in [3.05, 3.63) is 101 Å². The molecule has 0 atom stereocenters. The van der Waals surface area contributed by atoms with Gasteiger partial charge in [0.05, 0.1) is 16.4 Å². The summed E-state index contributed by atoms with van der Waals surface area (Å²) in [7, 11) is 0. The van der Waals surface area contributed by atoms with Gasteiger partial charge in [-0.25, -0.2) is 4.68 Å². The topological polar surface area (TPSA) is 27.1 Å². The highest BCUT2D eigenvalue weighted by atomic mass is 35.5. The van der Waals surface area contributed by atoms with Crippen LogP contribution in [0.1, 0.15) is 11.3 Å². The first-order chi connectivity index (χ1) is 14.4. The lowest BCUT2D eigenvalue weighted by atomic mass is 10.1. The Bertz CT molecular complexity index is 1140. The molecular weight excluding hydrogens is 413 g/mol. The summed E-state index contributed by atoms with van der Waals surface area (Å²) in [6.07, 6.45) is -4.57. The Hall–Kier alpha value is -3.25. The molecule has 0 N–H and O–H groups in total. The maximum atomic E-state index is 13.3. The van der Waals surface area contributed by atoms with Gasteiger partial charge < -0.3 is 4.74 Å². The van der Waals surface area contributed by atoms with Gasteiger partial charge in [-0.05, 0) is 48.0 Å². The molecule has 1 aromatic heterocycles. The Morgan fingerprint density at radius 2 is 1.53 bits per heavy atom. The molecule has 0 saturated heterocycles. The normalized spacial score (nSPS) is 11.5. The number of benzene rings is 3. The van der Waals surface area contributed by atoms with Gasteiger partial charge in [0.15, 0.2) is 5.69 Å². The average Bonchev–Trinajstić information content (AvgIpc) is 3.19. The summed E-state index contributed by atoms with van der Waals surface area (Å²) in [6.45, 7) is 0.399. The summed E-state index contributed by atoms with van der Waals surface area (Å²) in [4.78, 5) is 0. The molecule has 0 unspecified atom stereocenters. The molecule has 152 valence electrons.